The van der Waals surface area contributed by atoms with Gasteiger partial charge in [0.1, 0.15) is 0 Å². The molecular weight excluding hydrogens is 282 g/mol. The van der Waals surface area contributed by atoms with Crippen LogP contribution in [0.15, 0.2) is 64.9 Å². The fourth-order valence-electron chi connectivity index (χ4n) is 1.62. The Morgan fingerprint density at radius 1 is 1.19 bits per heavy atom. The lowest BCUT2D eigenvalue weighted by Gasteiger charge is -2.00. The largest absolute Gasteiger partial charge is 0.273 e. The lowest BCUT2D eigenvalue weighted by Crippen LogP contribution is -2.17. The zero-order valence-electron chi connectivity index (χ0n) is 11.6. The van der Waals surface area contributed by atoms with Gasteiger partial charge in [-0.05, 0) is 29.9 Å². The van der Waals surface area contributed by atoms with Gasteiger partial charge in [0, 0.05) is 12.6 Å². The summed E-state index contributed by atoms with van der Waals surface area (Å²) in [5.74, 6) is 0.802. The summed E-state index contributed by atoms with van der Waals surface area (Å²) in [4.78, 5) is 15.8. The molecule has 2 aromatic rings. The Hall–Kier alpha value is -2.14. The van der Waals surface area contributed by atoms with Crippen molar-refractivity contribution in [3.05, 3.63) is 60.3 Å². The van der Waals surface area contributed by atoms with Gasteiger partial charge in [-0.3, -0.25) is 4.79 Å². The molecule has 2 rings (SSSR count). The molecule has 0 spiro atoms. The van der Waals surface area contributed by atoms with Crippen LogP contribution in [0.1, 0.15) is 18.4 Å². The average molecular weight is 299 g/mol. The number of aromatic nitrogens is 1. The van der Waals surface area contributed by atoms with Crippen molar-refractivity contribution >= 4 is 23.9 Å². The quantitative estimate of drug-likeness (QED) is 0.370. The summed E-state index contributed by atoms with van der Waals surface area (Å²) in [5.41, 5.74) is 3.50. The molecule has 0 fully saturated rings. The third kappa shape index (κ3) is 6.23. The Morgan fingerprint density at radius 2 is 2.00 bits per heavy atom. The number of nitrogens with one attached hydrogen (secondary N) is 1. The number of hydrogen-bond donors (Lipinski definition) is 1. The molecule has 0 bridgehead atoms. The highest BCUT2D eigenvalue weighted by molar-refractivity contribution is 7.99. The van der Waals surface area contributed by atoms with Crippen molar-refractivity contribution in [2.75, 3.05) is 5.75 Å². The number of amides is 1. The Bertz CT molecular complexity index is 573. The van der Waals surface area contributed by atoms with Crippen LogP contribution in [-0.2, 0) is 4.79 Å². The van der Waals surface area contributed by atoms with E-state index in [0.29, 0.717) is 6.42 Å². The van der Waals surface area contributed by atoms with Gasteiger partial charge in [0.05, 0.1) is 11.2 Å². The number of rotatable bonds is 7. The highest BCUT2D eigenvalue weighted by atomic mass is 32.2. The first-order chi connectivity index (χ1) is 10.3. The van der Waals surface area contributed by atoms with Crippen LogP contribution in [0.5, 0.6) is 0 Å². The number of hydrazone groups is 1. The van der Waals surface area contributed by atoms with Crippen molar-refractivity contribution in [1.29, 1.82) is 0 Å². The van der Waals surface area contributed by atoms with Crippen LogP contribution in [0.4, 0.5) is 0 Å². The van der Waals surface area contributed by atoms with Gasteiger partial charge in [0.2, 0.25) is 5.91 Å². The maximum atomic E-state index is 11.6. The van der Waals surface area contributed by atoms with Gasteiger partial charge >= 0.3 is 0 Å². The summed E-state index contributed by atoms with van der Waals surface area (Å²) in [6.07, 6.45) is 4.67. The molecule has 0 aliphatic heterocycles. The molecule has 1 aromatic heterocycles. The van der Waals surface area contributed by atoms with Gasteiger partial charge in [0.15, 0.2) is 0 Å². The predicted molar refractivity (Wildman–Crippen MR) is 86.4 cm³/mol. The van der Waals surface area contributed by atoms with E-state index in [9.17, 15) is 4.79 Å². The smallest absolute Gasteiger partial charge is 0.240 e. The molecule has 0 saturated heterocycles. The van der Waals surface area contributed by atoms with E-state index >= 15 is 0 Å². The van der Waals surface area contributed by atoms with E-state index in [1.54, 1.807) is 24.2 Å². The number of nitrogens with zero attached hydrogens (tertiary/aromatic N) is 2. The Labute approximate surface area is 128 Å². The third-order valence-corrected chi connectivity index (χ3v) is 3.67. The van der Waals surface area contributed by atoms with Gasteiger partial charge in [-0.2, -0.15) is 5.10 Å². The van der Waals surface area contributed by atoms with E-state index in [1.165, 1.54) is 0 Å². The Morgan fingerprint density at radius 3 is 2.76 bits per heavy atom. The van der Waals surface area contributed by atoms with Crippen LogP contribution in [-0.4, -0.2) is 22.9 Å². The predicted octanol–water partition coefficient (Wildman–Crippen LogP) is 3.10. The molecule has 5 heteroatoms. The molecule has 0 aliphatic carbocycles. The summed E-state index contributed by atoms with van der Waals surface area (Å²) in [7, 11) is 0. The molecular formula is C16H17N3OS. The SMILES string of the molecule is O=C(CCCSc1ccccn1)N/N=C/c1ccccc1. The lowest BCUT2D eigenvalue weighted by molar-refractivity contribution is -0.121. The molecule has 108 valence electrons. The second-order valence-electron chi connectivity index (χ2n) is 4.32. The molecule has 0 aliphatic rings. The number of benzene rings is 1. The van der Waals surface area contributed by atoms with Crippen molar-refractivity contribution in [2.45, 2.75) is 17.9 Å². The summed E-state index contributed by atoms with van der Waals surface area (Å²) < 4.78 is 0. The molecule has 0 saturated carbocycles. The number of pyridine rings is 1. The molecule has 1 aromatic carbocycles. The van der Waals surface area contributed by atoms with Crippen LogP contribution in [0.3, 0.4) is 0 Å². The van der Waals surface area contributed by atoms with E-state index in [1.807, 2.05) is 48.5 Å². The molecule has 0 unspecified atom stereocenters. The van der Waals surface area contributed by atoms with Crippen molar-refractivity contribution in [1.82, 2.24) is 10.4 Å². The maximum Gasteiger partial charge on any atom is 0.240 e. The van der Waals surface area contributed by atoms with Crippen LogP contribution < -0.4 is 5.43 Å². The first kappa shape index (κ1) is 15.3. The molecule has 4 nitrogen and oxygen atoms in total. The standard InChI is InChI=1S/C16H17N3OS/c20-15(19-18-13-14-7-2-1-3-8-14)9-6-12-21-16-10-4-5-11-17-16/h1-5,7-8,10-11,13H,6,9,12H2,(H,19,20)/b18-13+. The van der Waals surface area contributed by atoms with E-state index in [2.05, 4.69) is 15.5 Å². The van der Waals surface area contributed by atoms with Gasteiger partial charge in [0.25, 0.3) is 0 Å². The third-order valence-electron chi connectivity index (χ3n) is 2.64. The van der Waals surface area contributed by atoms with Crippen LogP contribution in [0.2, 0.25) is 0 Å². The average Bonchev–Trinajstić information content (AvgIpc) is 2.54. The first-order valence-corrected chi connectivity index (χ1v) is 7.74. The van der Waals surface area contributed by atoms with Gasteiger partial charge in [-0.15, -0.1) is 11.8 Å². The van der Waals surface area contributed by atoms with E-state index in [0.717, 1.165) is 22.8 Å². The van der Waals surface area contributed by atoms with Gasteiger partial charge in [-0.1, -0.05) is 36.4 Å². The molecule has 0 atom stereocenters. The summed E-state index contributed by atoms with van der Waals surface area (Å²) >= 11 is 1.65. The highest BCUT2D eigenvalue weighted by Crippen LogP contribution is 2.15. The number of thioether (sulfide) groups is 1. The molecule has 1 N–H and O–H groups in total. The highest BCUT2D eigenvalue weighted by Gasteiger charge is 2.00. The fourth-order valence-corrected chi connectivity index (χ4v) is 2.42. The van der Waals surface area contributed by atoms with Crippen molar-refractivity contribution in [3.8, 4) is 0 Å². The summed E-state index contributed by atoms with van der Waals surface area (Å²) in [6.45, 7) is 0. The zero-order valence-corrected chi connectivity index (χ0v) is 12.4. The van der Waals surface area contributed by atoms with E-state index < -0.39 is 0 Å². The van der Waals surface area contributed by atoms with E-state index in [-0.39, 0.29) is 5.91 Å². The maximum absolute atomic E-state index is 11.6. The minimum Gasteiger partial charge on any atom is -0.273 e. The second-order valence-corrected chi connectivity index (χ2v) is 5.44. The van der Waals surface area contributed by atoms with Crippen molar-refractivity contribution in [3.63, 3.8) is 0 Å². The zero-order chi connectivity index (χ0) is 14.8. The summed E-state index contributed by atoms with van der Waals surface area (Å²) in [6, 6.07) is 15.5. The minimum atomic E-state index is -0.0659. The number of hydrogen-bond acceptors (Lipinski definition) is 4. The van der Waals surface area contributed by atoms with Crippen molar-refractivity contribution < 1.29 is 4.79 Å². The lowest BCUT2D eigenvalue weighted by atomic mass is 10.2. The Kier molecular flexibility index (Phi) is 6.48. The topological polar surface area (TPSA) is 54.4 Å². The molecule has 1 amide bonds. The van der Waals surface area contributed by atoms with Gasteiger partial charge in [-0.25, -0.2) is 10.4 Å². The van der Waals surface area contributed by atoms with Gasteiger partial charge < -0.3 is 0 Å². The van der Waals surface area contributed by atoms with Crippen LogP contribution in [0, 0.1) is 0 Å². The molecule has 21 heavy (non-hydrogen) atoms. The molecule has 0 radical (unpaired) electrons. The van der Waals surface area contributed by atoms with E-state index in [4.69, 9.17) is 0 Å². The van der Waals surface area contributed by atoms with Crippen molar-refractivity contribution in [2.24, 2.45) is 5.10 Å². The van der Waals surface area contributed by atoms with Crippen LogP contribution >= 0.6 is 11.8 Å². The Balaban J connectivity index is 1.61. The molecule has 1 heterocycles. The fraction of sp³-hybridized carbons (Fsp3) is 0.188. The number of carbonyl (C=O) groups excluding carboxylic acids is 1. The monoisotopic (exact) mass is 299 g/mol. The summed E-state index contributed by atoms with van der Waals surface area (Å²) in [5, 5.41) is 4.92. The minimum absolute atomic E-state index is 0.0659. The van der Waals surface area contributed by atoms with Crippen LogP contribution in [0.25, 0.3) is 0 Å². The number of carbonyl (C=O) groups is 1. The second kappa shape index (κ2) is 8.92. The normalized spacial score (nSPS) is 10.7. The first-order valence-electron chi connectivity index (χ1n) is 6.75.